The number of hydrogen-bond donors (Lipinski definition) is 0. The average Bonchev–Trinajstić information content (AvgIpc) is 2.95. The van der Waals surface area contributed by atoms with Gasteiger partial charge in [-0.15, -0.1) is 5.10 Å². The Hall–Kier alpha value is -2.42. The number of carbonyl (C=O) groups excluding carboxylic acids is 1. The standard InChI is InChI=1S/C14H9F3N4OS/c1-23-13-19-12-18-11(14(15,16)17)9(7-21(12)20-13)10(22)8-5-3-2-4-6-8/h2-7H,1H3. The van der Waals surface area contributed by atoms with Gasteiger partial charge in [-0.2, -0.15) is 18.2 Å². The van der Waals surface area contributed by atoms with Gasteiger partial charge >= 0.3 is 6.18 Å². The molecule has 0 radical (unpaired) electrons. The number of fused-ring (bicyclic) bond motifs is 1. The second-order valence-corrected chi connectivity index (χ2v) is 5.31. The van der Waals surface area contributed by atoms with Crippen LogP contribution in [0.3, 0.4) is 0 Å². The fourth-order valence-electron chi connectivity index (χ4n) is 2.02. The van der Waals surface area contributed by atoms with Crippen LogP contribution in [-0.2, 0) is 6.18 Å². The van der Waals surface area contributed by atoms with Gasteiger partial charge in [0, 0.05) is 11.8 Å². The van der Waals surface area contributed by atoms with Crippen molar-refractivity contribution in [3.8, 4) is 0 Å². The molecule has 0 atom stereocenters. The Kier molecular flexibility index (Phi) is 3.80. The molecular weight excluding hydrogens is 329 g/mol. The van der Waals surface area contributed by atoms with E-state index in [0.717, 1.165) is 10.7 Å². The summed E-state index contributed by atoms with van der Waals surface area (Å²) >= 11 is 1.17. The highest BCUT2D eigenvalue weighted by molar-refractivity contribution is 7.98. The Morgan fingerprint density at radius 1 is 1.17 bits per heavy atom. The molecule has 23 heavy (non-hydrogen) atoms. The van der Waals surface area contributed by atoms with Gasteiger partial charge in [-0.3, -0.25) is 4.79 Å². The van der Waals surface area contributed by atoms with Crippen molar-refractivity contribution in [1.29, 1.82) is 0 Å². The van der Waals surface area contributed by atoms with Crippen molar-refractivity contribution in [3.05, 3.63) is 53.3 Å². The number of aromatic nitrogens is 4. The van der Waals surface area contributed by atoms with E-state index in [0.29, 0.717) is 0 Å². The minimum Gasteiger partial charge on any atom is -0.288 e. The highest BCUT2D eigenvalue weighted by Crippen LogP contribution is 2.31. The normalized spacial score (nSPS) is 11.8. The lowest BCUT2D eigenvalue weighted by Gasteiger charge is -2.11. The van der Waals surface area contributed by atoms with Crippen LogP contribution >= 0.6 is 11.8 Å². The fraction of sp³-hybridized carbons (Fsp3) is 0.143. The summed E-state index contributed by atoms with van der Waals surface area (Å²) in [6.07, 6.45) is -2.06. The predicted molar refractivity (Wildman–Crippen MR) is 77.4 cm³/mol. The molecule has 118 valence electrons. The van der Waals surface area contributed by atoms with Gasteiger partial charge in [-0.1, -0.05) is 42.1 Å². The van der Waals surface area contributed by atoms with Crippen molar-refractivity contribution in [2.75, 3.05) is 6.26 Å². The minimum absolute atomic E-state index is 0.143. The zero-order valence-corrected chi connectivity index (χ0v) is 12.5. The Labute approximate surface area is 132 Å². The van der Waals surface area contributed by atoms with Crippen molar-refractivity contribution >= 4 is 23.3 Å². The summed E-state index contributed by atoms with van der Waals surface area (Å²) < 4.78 is 40.9. The first kappa shape index (κ1) is 15.5. The second-order valence-electron chi connectivity index (χ2n) is 4.54. The van der Waals surface area contributed by atoms with E-state index in [2.05, 4.69) is 15.1 Å². The first-order chi connectivity index (χ1) is 10.9. The smallest absolute Gasteiger partial charge is 0.288 e. The third-order valence-electron chi connectivity index (χ3n) is 3.04. The van der Waals surface area contributed by atoms with Crippen LogP contribution in [0.4, 0.5) is 13.2 Å². The summed E-state index contributed by atoms with van der Waals surface area (Å²) in [6, 6.07) is 7.72. The van der Waals surface area contributed by atoms with Crippen molar-refractivity contribution in [3.63, 3.8) is 0 Å². The van der Waals surface area contributed by atoms with Crippen molar-refractivity contribution in [2.45, 2.75) is 11.3 Å². The molecule has 3 aromatic rings. The quantitative estimate of drug-likeness (QED) is 0.542. The van der Waals surface area contributed by atoms with E-state index in [9.17, 15) is 18.0 Å². The van der Waals surface area contributed by atoms with Gasteiger partial charge in [0.15, 0.2) is 11.5 Å². The van der Waals surface area contributed by atoms with Crippen LogP contribution in [0, 0.1) is 0 Å². The van der Waals surface area contributed by atoms with E-state index >= 15 is 0 Å². The topological polar surface area (TPSA) is 60.2 Å². The van der Waals surface area contributed by atoms with Gasteiger partial charge in [0.05, 0.1) is 5.56 Å². The first-order valence-corrected chi connectivity index (χ1v) is 7.61. The number of nitrogens with zero attached hydrogens (tertiary/aromatic N) is 4. The number of carbonyl (C=O) groups is 1. The molecule has 2 aromatic heterocycles. The average molecular weight is 338 g/mol. The Morgan fingerprint density at radius 3 is 2.48 bits per heavy atom. The molecule has 0 saturated carbocycles. The van der Waals surface area contributed by atoms with E-state index in [1.807, 2.05) is 0 Å². The molecule has 0 spiro atoms. The summed E-state index contributed by atoms with van der Waals surface area (Å²) in [4.78, 5) is 19.8. The summed E-state index contributed by atoms with van der Waals surface area (Å²) in [5.41, 5.74) is -1.68. The number of benzene rings is 1. The molecule has 5 nitrogen and oxygen atoms in total. The zero-order valence-electron chi connectivity index (χ0n) is 11.7. The fourth-order valence-corrected chi connectivity index (χ4v) is 2.36. The SMILES string of the molecule is CSc1nc2nc(C(F)(F)F)c(C(=O)c3ccccc3)cn2n1. The third-order valence-corrected chi connectivity index (χ3v) is 3.58. The molecule has 9 heteroatoms. The number of rotatable bonds is 3. The van der Waals surface area contributed by atoms with E-state index in [4.69, 9.17) is 0 Å². The number of thioether (sulfide) groups is 1. The molecule has 0 aliphatic heterocycles. The maximum atomic E-state index is 13.3. The van der Waals surface area contributed by atoms with Crippen LogP contribution in [0.2, 0.25) is 0 Å². The third kappa shape index (κ3) is 2.91. The van der Waals surface area contributed by atoms with Gasteiger partial charge in [0.25, 0.3) is 5.78 Å². The number of ketones is 1. The van der Waals surface area contributed by atoms with Crippen LogP contribution in [0.15, 0.2) is 41.7 Å². The molecule has 1 aromatic carbocycles. The second kappa shape index (κ2) is 5.65. The van der Waals surface area contributed by atoms with Gasteiger partial charge in [0.2, 0.25) is 5.16 Å². The molecular formula is C14H9F3N4OS. The molecule has 2 heterocycles. The molecule has 0 amide bonds. The summed E-state index contributed by atoms with van der Waals surface area (Å²) in [6.45, 7) is 0. The monoisotopic (exact) mass is 338 g/mol. The molecule has 0 fully saturated rings. The maximum absolute atomic E-state index is 13.3. The summed E-state index contributed by atoms with van der Waals surface area (Å²) in [5.74, 6) is -0.972. The molecule has 0 N–H and O–H groups in total. The van der Waals surface area contributed by atoms with E-state index in [-0.39, 0.29) is 16.5 Å². The van der Waals surface area contributed by atoms with E-state index in [1.54, 1.807) is 24.5 Å². The molecule has 0 bridgehead atoms. The van der Waals surface area contributed by atoms with Crippen LogP contribution in [-0.4, -0.2) is 31.6 Å². The number of hydrogen-bond acceptors (Lipinski definition) is 5. The molecule has 3 rings (SSSR count). The Morgan fingerprint density at radius 2 is 1.87 bits per heavy atom. The van der Waals surface area contributed by atoms with Gasteiger partial charge in [-0.25, -0.2) is 9.50 Å². The van der Waals surface area contributed by atoms with Crippen LogP contribution in [0.25, 0.3) is 5.78 Å². The Balaban J connectivity index is 2.22. The summed E-state index contributed by atoms with van der Waals surface area (Å²) in [7, 11) is 0. The largest absolute Gasteiger partial charge is 0.434 e. The maximum Gasteiger partial charge on any atom is 0.434 e. The van der Waals surface area contributed by atoms with Crippen molar-refractivity contribution in [1.82, 2.24) is 19.6 Å². The molecule has 0 saturated heterocycles. The van der Waals surface area contributed by atoms with Gasteiger partial charge in [0.1, 0.15) is 0 Å². The van der Waals surface area contributed by atoms with Gasteiger partial charge < -0.3 is 0 Å². The van der Waals surface area contributed by atoms with E-state index in [1.165, 1.54) is 23.9 Å². The highest BCUT2D eigenvalue weighted by atomic mass is 32.2. The molecule has 0 aliphatic rings. The van der Waals surface area contributed by atoms with Crippen LogP contribution in [0.1, 0.15) is 21.6 Å². The van der Waals surface area contributed by atoms with Crippen molar-refractivity contribution < 1.29 is 18.0 Å². The van der Waals surface area contributed by atoms with Crippen LogP contribution in [0.5, 0.6) is 0 Å². The van der Waals surface area contributed by atoms with Crippen LogP contribution < -0.4 is 0 Å². The number of alkyl halides is 3. The molecule has 0 aliphatic carbocycles. The summed E-state index contributed by atoms with van der Waals surface area (Å²) in [5, 5.41) is 4.25. The predicted octanol–water partition coefficient (Wildman–Crippen LogP) is 3.10. The number of halogens is 3. The van der Waals surface area contributed by atoms with E-state index < -0.39 is 23.2 Å². The van der Waals surface area contributed by atoms with Gasteiger partial charge in [-0.05, 0) is 6.26 Å². The highest BCUT2D eigenvalue weighted by Gasteiger charge is 2.38. The Bertz CT molecular complexity index is 877. The minimum atomic E-state index is -4.77. The first-order valence-electron chi connectivity index (χ1n) is 6.38. The molecule has 0 unspecified atom stereocenters. The lowest BCUT2D eigenvalue weighted by Crippen LogP contribution is -2.18. The lowest BCUT2D eigenvalue weighted by molar-refractivity contribution is -0.141. The lowest BCUT2D eigenvalue weighted by atomic mass is 10.0. The van der Waals surface area contributed by atoms with Crippen molar-refractivity contribution in [2.24, 2.45) is 0 Å². The zero-order chi connectivity index (χ0) is 16.6.